The van der Waals surface area contributed by atoms with Gasteiger partial charge in [0.15, 0.2) is 0 Å². The minimum absolute atomic E-state index is 0.0452. The molecule has 0 fully saturated rings. The number of carbonyl (C=O) groups is 1. The number of ether oxygens (including phenoxy) is 1. The zero-order valence-corrected chi connectivity index (χ0v) is 13.2. The maximum atomic E-state index is 12.1. The predicted molar refractivity (Wildman–Crippen MR) is 87.3 cm³/mol. The fourth-order valence-corrected chi connectivity index (χ4v) is 2.01. The molecule has 0 atom stereocenters. The van der Waals surface area contributed by atoms with E-state index in [2.05, 4.69) is 30.8 Å². The van der Waals surface area contributed by atoms with Gasteiger partial charge in [-0.3, -0.25) is 4.79 Å². The molecule has 1 aromatic heterocycles. The third-order valence-electron chi connectivity index (χ3n) is 3.23. The molecule has 2 aromatic carbocycles. The van der Waals surface area contributed by atoms with Crippen molar-refractivity contribution in [2.75, 3.05) is 0 Å². The molecule has 26 heavy (non-hydrogen) atoms. The molecule has 0 radical (unpaired) electrons. The SMILES string of the molecule is O=C(N/N=C/c1ccc(OC(F)F)cc1)c1ccc(-n2cnnn2)cc1. The third-order valence-corrected chi connectivity index (χ3v) is 3.23. The molecule has 10 heteroatoms. The highest BCUT2D eigenvalue weighted by Gasteiger charge is 2.06. The van der Waals surface area contributed by atoms with Crippen LogP contribution in [-0.4, -0.2) is 38.9 Å². The molecule has 0 aliphatic rings. The molecule has 0 saturated carbocycles. The van der Waals surface area contributed by atoms with Crippen LogP contribution >= 0.6 is 0 Å². The van der Waals surface area contributed by atoms with Gasteiger partial charge in [-0.25, -0.2) is 10.1 Å². The van der Waals surface area contributed by atoms with E-state index in [-0.39, 0.29) is 5.75 Å². The number of tetrazole rings is 1. The highest BCUT2D eigenvalue weighted by atomic mass is 19.3. The van der Waals surface area contributed by atoms with Gasteiger partial charge in [-0.15, -0.1) is 5.10 Å². The van der Waals surface area contributed by atoms with Crippen molar-refractivity contribution in [1.82, 2.24) is 25.6 Å². The van der Waals surface area contributed by atoms with Crippen LogP contribution in [0.4, 0.5) is 8.78 Å². The smallest absolute Gasteiger partial charge is 0.387 e. The Labute approximate surface area is 146 Å². The minimum atomic E-state index is -2.87. The molecule has 0 spiro atoms. The van der Waals surface area contributed by atoms with Gasteiger partial charge in [-0.2, -0.15) is 13.9 Å². The van der Waals surface area contributed by atoms with E-state index in [1.807, 2.05) is 0 Å². The summed E-state index contributed by atoms with van der Waals surface area (Å²) in [4.78, 5) is 12.0. The fraction of sp³-hybridized carbons (Fsp3) is 0.0625. The first-order valence-corrected chi connectivity index (χ1v) is 7.33. The highest BCUT2D eigenvalue weighted by Crippen LogP contribution is 2.14. The maximum absolute atomic E-state index is 12.1. The van der Waals surface area contributed by atoms with Crippen LogP contribution in [0.2, 0.25) is 0 Å². The van der Waals surface area contributed by atoms with Crippen LogP contribution in [-0.2, 0) is 0 Å². The summed E-state index contributed by atoms with van der Waals surface area (Å²) in [6.07, 6.45) is 2.83. The van der Waals surface area contributed by atoms with E-state index < -0.39 is 12.5 Å². The molecule has 0 unspecified atom stereocenters. The van der Waals surface area contributed by atoms with E-state index in [9.17, 15) is 13.6 Å². The van der Waals surface area contributed by atoms with Crippen molar-refractivity contribution in [2.45, 2.75) is 6.61 Å². The largest absolute Gasteiger partial charge is 0.435 e. The van der Waals surface area contributed by atoms with Crippen LogP contribution in [0.1, 0.15) is 15.9 Å². The van der Waals surface area contributed by atoms with Gasteiger partial charge in [0.1, 0.15) is 12.1 Å². The van der Waals surface area contributed by atoms with Crippen LogP contribution in [0.25, 0.3) is 5.69 Å². The van der Waals surface area contributed by atoms with Gasteiger partial charge in [0.25, 0.3) is 5.91 Å². The fourth-order valence-electron chi connectivity index (χ4n) is 2.01. The number of amides is 1. The lowest BCUT2D eigenvalue weighted by atomic mass is 10.2. The predicted octanol–water partition coefficient (Wildman–Crippen LogP) is 2.03. The Kier molecular flexibility index (Phi) is 5.22. The summed E-state index contributed by atoms with van der Waals surface area (Å²) in [6.45, 7) is -2.87. The molecule has 3 aromatic rings. The number of aromatic nitrogens is 4. The summed E-state index contributed by atoms with van der Waals surface area (Å²) < 4.78 is 29.8. The molecule has 8 nitrogen and oxygen atoms in total. The van der Waals surface area contributed by atoms with Gasteiger partial charge in [-0.05, 0) is 64.5 Å². The monoisotopic (exact) mass is 358 g/mol. The number of hydrogen-bond donors (Lipinski definition) is 1. The molecule has 1 N–H and O–H groups in total. The van der Waals surface area contributed by atoms with Crippen molar-refractivity contribution >= 4 is 12.1 Å². The van der Waals surface area contributed by atoms with Crippen molar-refractivity contribution in [3.8, 4) is 11.4 Å². The van der Waals surface area contributed by atoms with Gasteiger partial charge < -0.3 is 4.74 Å². The summed E-state index contributed by atoms with van der Waals surface area (Å²) in [5, 5.41) is 14.6. The average Bonchev–Trinajstić information content (AvgIpc) is 3.17. The minimum Gasteiger partial charge on any atom is -0.435 e. The Balaban J connectivity index is 1.57. The van der Waals surface area contributed by atoms with Gasteiger partial charge in [0.2, 0.25) is 0 Å². The zero-order chi connectivity index (χ0) is 18.4. The number of rotatable bonds is 6. The first-order valence-electron chi connectivity index (χ1n) is 7.33. The number of alkyl halides is 2. The summed E-state index contributed by atoms with van der Waals surface area (Å²) in [7, 11) is 0. The third kappa shape index (κ3) is 4.44. The Bertz CT molecular complexity index is 880. The van der Waals surface area contributed by atoms with Crippen molar-refractivity contribution in [3.05, 3.63) is 66.0 Å². The summed E-state index contributed by atoms with van der Waals surface area (Å²) >= 11 is 0. The Morgan fingerprint density at radius 2 is 1.88 bits per heavy atom. The lowest BCUT2D eigenvalue weighted by Gasteiger charge is -2.04. The van der Waals surface area contributed by atoms with E-state index >= 15 is 0 Å². The second-order valence-electron chi connectivity index (χ2n) is 4.95. The van der Waals surface area contributed by atoms with Crippen LogP contribution in [0.15, 0.2) is 60.0 Å². The van der Waals surface area contributed by atoms with E-state index in [1.54, 1.807) is 24.3 Å². The summed E-state index contributed by atoms with van der Waals surface area (Å²) in [5.74, 6) is -0.356. The number of halogens is 2. The van der Waals surface area contributed by atoms with Crippen molar-refractivity contribution in [1.29, 1.82) is 0 Å². The highest BCUT2D eigenvalue weighted by molar-refractivity contribution is 5.95. The topological polar surface area (TPSA) is 94.3 Å². The second-order valence-corrected chi connectivity index (χ2v) is 4.95. The average molecular weight is 358 g/mol. The van der Waals surface area contributed by atoms with Crippen molar-refractivity contribution in [3.63, 3.8) is 0 Å². The normalized spacial score (nSPS) is 11.0. The number of nitrogens with zero attached hydrogens (tertiary/aromatic N) is 5. The van der Waals surface area contributed by atoms with Gasteiger partial charge >= 0.3 is 6.61 Å². The molecule has 0 aliphatic carbocycles. The standard InChI is InChI=1S/C16H12F2N6O2/c17-16(18)26-14-7-1-11(2-8-14)9-19-21-15(25)12-3-5-13(6-4-12)24-10-20-22-23-24/h1-10,16H,(H,21,25)/b19-9+. The van der Waals surface area contributed by atoms with E-state index in [4.69, 9.17) is 0 Å². The molecule has 0 bridgehead atoms. The number of hydrazone groups is 1. The number of carbonyl (C=O) groups excluding carboxylic acids is 1. The maximum Gasteiger partial charge on any atom is 0.387 e. The summed E-state index contributed by atoms with van der Waals surface area (Å²) in [5.41, 5.74) is 4.10. The lowest BCUT2D eigenvalue weighted by Crippen LogP contribution is -2.17. The Morgan fingerprint density at radius 3 is 2.50 bits per heavy atom. The molecule has 1 amide bonds. The Morgan fingerprint density at radius 1 is 1.15 bits per heavy atom. The number of nitrogens with one attached hydrogen (secondary N) is 1. The molecular weight excluding hydrogens is 346 g/mol. The van der Waals surface area contributed by atoms with E-state index in [0.29, 0.717) is 16.8 Å². The molecule has 3 rings (SSSR count). The zero-order valence-electron chi connectivity index (χ0n) is 13.2. The second kappa shape index (κ2) is 7.92. The molecular formula is C16H12F2N6O2. The number of benzene rings is 2. The molecule has 132 valence electrons. The van der Waals surface area contributed by atoms with E-state index in [0.717, 1.165) is 0 Å². The van der Waals surface area contributed by atoms with Crippen LogP contribution in [0.5, 0.6) is 5.75 Å². The van der Waals surface area contributed by atoms with Gasteiger partial charge in [0.05, 0.1) is 11.9 Å². The number of hydrogen-bond acceptors (Lipinski definition) is 6. The van der Waals surface area contributed by atoms with Crippen molar-refractivity contribution in [2.24, 2.45) is 5.10 Å². The van der Waals surface area contributed by atoms with Crippen LogP contribution in [0.3, 0.4) is 0 Å². The summed E-state index contributed by atoms with van der Waals surface area (Å²) in [6, 6.07) is 12.4. The Hall–Kier alpha value is -3.69. The molecule has 0 saturated heterocycles. The van der Waals surface area contributed by atoms with Crippen molar-refractivity contribution < 1.29 is 18.3 Å². The quantitative estimate of drug-likeness (QED) is 0.537. The van der Waals surface area contributed by atoms with Gasteiger partial charge in [-0.1, -0.05) is 0 Å². The molecule has 0 aliphatic heterocycles. The van der Waals surface area contributed by atoms with Gasteiger partial charge in [0, 0.05) is 5.56 Å². The van der Waals surface area contributed by atoms with E-state index in [1.165, 1.54) is 41.5 Å². The van der Waals surface area contributed by atoms with Crippen LogP contribution < -0.4 is 10.2 Å². The van der Waals surface area contributed by atoms with Crippen LogP contribution in [0, 0.1) is 0 Å². The first kappa shape index (κ1) is 17.1. The molecule has 1 heterocycles. The first-order chi connectivity index (χ1) is 12.6. The lowest BCUT2D eigenvalue weighted by molar-refractivity contribution is -0.0498.